The summed E-state index contributed by atoms with van der Waals surface area (Å²) in [4.78, 5) is 13.5. The number of alkyl halides is 3. The summed E-state index contributed by atoms with van der Waals surface area (Å²) in [6.45, 7) is 5.88. The fraction of sp³-hybridized carbons (Fsp3) is 0.207. The molecule has 3 aromatic carbocycles. The maximum absolute atomic E-state index is 13.5. The Morgan fingerprint density at radius 2 is 1.50 bits per heavy atom. The Kier molecular flexibility index (Phi) is 7.02. The summed E-state index contributed by atoms with van der Waals surface area (Å²) in [6, 6.07) is 18.1. The van der Waals surface area contributed by atoms with Crippen molar-refractivity contribution in [1.29, 1.82) is 0 Å². The lowest BCUT2D eigenvalue weighted by atomic mass is 10.0. The number of nitrogens with one attached hydrogen (secondary N) is 1. The Labute approximate surface area is 207 Å². The van der Waals surface area contributed by atoms with Crippen LogP contribution < -0.4 is 5.32 Å². The summed E-state index contributed by atoms with van der Waals surface area (Å²) >= 11 is 0. The average molecular weight is 495 g/mol. The van der Waals surface area contributed by atoms with Gasteiger partial charge in [0.2, 0.25) is 0 Å². The van der Waals surface area contributed by atoms with E-state index in [-0.39, 0.29) is 5.56 Å². The first-order valence-corrected chi connectivity index (χ1v) is 11.5. The molecule has 186 valence electrons. The smallest absolute Gasteiger partial charge is 0.347 e. The van der Waals surface area contributed by atoms with Gasteiger partial charge in [0.1, 0.15) is 11.5 Å². The van der Waals surface area contributed by atoms with Crippen molar-refractivity contribution in [3.63, 3.8) is 0 Å². The van der Waals surface area contributed by atoms with E-state index in [1.54, 1.807) is 0 Å². The van der Waals surface area contributed by atoms with Crippen LogP contribution in [0.4, 0.5) is 17.6 Å². The minimum absolute atomic E-state index is 0.206. The summed E-state index contributed by atoms with van der Waals surface area (Å²) in [7, 11) is 0. The van der Waals surface area contributed by atoms with Crippen LogP contribution in [0.1, 0.15) is 43.9 Å². The molecule has 1 amide bonds. The van der Waals surface area contributed by atoms with Gasteiger partial charge in [-0.05, 0) is 55.2 Å². The molecular weight excluding hydrogens is 468 g/mol. The van der Waals surface area contributed by atoms with Gasteiger partial charge in [0, 0.05) is 24.8 Å². The highest BCUT2D eigenvalue weighted by molar-refractivity contribution is 6.00. The largest absolute Gasteiger partial charge is 0.416 e. The molecule has 1 aromatic heterocycles. The zero-order chi connectivity index (χ0) is 26.0. The van der Waals surface area contributed by atoms with Crippen LogP contribution in [0.15, 0.2) is 72.9 Å². The van der Waals surface area contributed by atoms with E-state index in [9.17, 15) is 22.4 Å². The lowest BCUT2D eigenvalue weighted by molar-refractivity contribution is -0.138. The first-order valence-electron chi connectivity index (χ1n) is 11.5. The molecule has 0 saturated carbocycles. The molecule has 1 heterocycles. The number of carbonyl (C=O) groups is 1. The zero-order valence-electron chi connectivity index (χ0n) is 20.2. The molecule has 0 fully saturated rings. The predicted octanol–water partition coefficient (Wildman–Crippen LogP) is 7.22. The molecule has 0 atom stereocenters. The number of benzene rings is 3. The average Bonchev–Trinajstić information content (AvgIpc) is 3.15. The first-order chi connectivity index (χ1) is 17.0. The predicted molar refractivity (Wildman–Crippen MR) is 132 cm³/mol. The maximum atomic E-state index is 13.5. The summed E-state index contributed by atoms with van der Waals surface area (Å²) in [5, 5.41) is 2.64. The van der Waals surface area contributed by atoms with Crippen molar-refractivity contribution in [1.82, 2.24) is 9.88 Å². The van der Waals surface area contributed by atoms with Crippen LogP contribution in [-0.4, -0.2) is 10.5 Å². The van der Waals surface area contributed by atoms with E-state index in [1.165, 1.54) is 0 Å². The molecule has 7 heteroatoms. The van der Waals surface area contributed by atoms with Crippen LogP contribution in [-0.2, 0) is 19.3 Å². The van der Waals surface area contributed by atoms with Crippen molar-refractivity contribution in [2.45, 2.75) is 40.0 Å². The number of hydrogen-bond acceptors (Lipinski definition) is 1. The number of hydrogen-bond donors (Lipinski definition) is 1. The van der Waals surface area contributed by atoms with Crippen LogP contribution in [0.5, 0.6) is 0 Å². The van der Waals surface area contributed by atoms with E-state index < -0.39 is 30.0 Å². The summed E-state index contributed by atoms with van der Waals surface area (Å²) in [5.41, 5.74) is 4.63. The highest BCUT2D eigenvalue weighted by Crippen LogP contribution is 2.33. The second-order valence-corrected chi connectivity index (χ2v) is 9.00. The SMILES string of the molecule is Cc1ccc(Cn2cc(C)c(-c3ccc(C)cc3)c2C(=O)NCc2ccc(F)cc2C(F)(F)F)cc1. The van der Waals surface area contributed by atoms with Crippen LogP contribution in [0.25, 0.3) is 11.1 Å². The molecule has 4 aromatic rings. The molecule has 0 radical (unpaired) electrons. The van der Waals surface area contributed by atoms with Crippen LogP contribution in [0, 0.1) is 26.6 Å². The van der Waals surface area contributed by atoms with Crippen molar-refractivity contribution in [3.05, 3.63) is 118 Å². The quantitative estimate of drug-likeness (QED) is 0.282. The molecule has 1 N–H and O–H groups in total. The molecule has 0 spiro atoms. The van der Waals surface area contributed by atoms with Gasteiger partial charge in [-0.25, -0.2) is 4.39 Å². The van der Waals surface area contributed by atoms with Gasteiger partial charge < -0.3 is 9.88 Å². The Morgan fingerprint density at radius 1 is 0.889 bits per heavy atom. The number of amides is 1. The van der Waals surface area contributed by atoms with Crippen molar-refractivity contribution >= 4 is 5.91 Å². The fourth-order valence-electron chi connectivity index (χ4n) is 4.26. The molecular formula is C29H26F4N2O. The van der Waals surface area contributed by atoms with Gasteiger partial charge in [0.15, 0.2) is 0 Å². The van der Waals surface area contributed by atoms with Gasteiger partial charge in [0.25, 0.3) is 5.91 Å². The number of rotatable bonds is 6. The third-order valence-electron chi connectivity index (χ3n) is 6.11. The van der Waals surface area contributed by atoms with Crippen molar-refractivity contribution in [3.8, 4) is 11.1 Å². The monoisotopic (exact) mass is 494 g/mol. The minimum Gasteiger partial charge on any atom is -0.347 e. The zero-order valence-corrected chi connectivity index (χ0v) is 20.2. The number of carbonyl (C=O) groups excluding carboxylic acids is 1. The van der Waals surface area contributed by atoms with Crippen molar-refractivity contribution < 1.29 is 22.4 Å². The lowest BCUT2D eigenvalue weighted by Gasteiger charge is -2.16. The molecule has 0 aliphatic rings. The van der Waals surface area contributed by atoms with E-state index in [2.05, 4.69) is 5.32 Å². The molecule has 0 aliphatic carbocycles. The summed E-state index contributed by atoms with van der Waals surface area (Å²) < 4.78 is 55.7. The van der Waals surface area contributed by atoms with Crippen LogP contribution in [0.3, 0.4) is 0 Å². The van der Waals surface area contributed by atoms with Gasteiger partial charge in [0.05, 0.1) is 5.56 Å². The third kappa shape index (κ3) is 5.51. The highest BCUT2D eigenvalue weighted by atomic mass is 19.4. The van der Waals surface area contributed by atoms with Crippen molar-refractivity contribution in [2.24, 2.45) is 0 Å². The number of aromatic nitrogens is 1. The van der Waals surface area contributed by atoms with Gasteiger partial charge in [-0.15, -0.1) is 0 Å². The Morgan fingerprint density at radius 3 is 2.11 bits per heavy atom. The molecule has 3 nitrogen and oxygen atoms in total. The molecule has 0 saturated heterocycles. The Hall–Kier alpha value is -3.87. The standard InChI is InChI=1S/C29H26F4N2O/c1-18-4-8-21(9-5-18)17-35-16-20(3)26(22-10-6-19(2)7-11-22)27(35)28(36)34-15-23-12-13-24(30)14-25(23)29(31,32)33/h4-14,16H,15,17H2,1-3H3,(H,34,36). The van der Waals surface area contributed by atoms with Crippen LogP contribution >= 0.6 is 0 Å². The van der Waals surface area contributed by atoms with E-state index in [4.69, 9.17) is 0 Å². The van der Waals surface area contributed by atoms with E-state index >= 15 is 0 Å². The maximum Gasteiger partial charge on any atom is 0.416 e. The molecule has 36 heavy (non-hydrogen) atoms. The number of halogens is 4. The second-order valence-electron chi connectivity index (χ2n) is 9.00. The van der Waals surface area contributed by atoms with E-state index in [1.807, 2.05) is 80.1 Å². The van der Waals surface area contributed by atoms with Crippen LogP contribution in [0.2, 0.25) is 0 Å². The minimum atomic E-state index is -4.74. The number of aryl methyl sites for hydroxylation is 3. The highest BCUT2D eigenvalue weighted by Gasteiger charge is 2.34. The van der Waals surface area contributed by atoms with Gasteiger partial charge in [-0.2, -0.15) is 13.2 Å². The third-order valence-corrected chi connectivity index (χ3v) is 6.11. The second kappa shape index (κ2) is 10.0. The molecule has 4 rings (SSSR count). The molecule has 0 bridgehead atoms. The van der Waals surface area contributed by atoms with Crippen molar-refractivity contribution in [2.75, 3.05) is 0 Å². The van der Waals surface area contributed by atoms with Gasteiger partial charge >= 0.3 is 6.18 Å². The number of nitrogens with zero attached hydrogens (tertiary/aromatic N) is 1. The summed E-state index contributed by atoms with van der Waals surface area (Å²) in [5.74, 6) is -1.50. The van der Waals surface area contributed by atoms with E-state index in [0.717, 1.165) is 45.5 Å². The lowest BCUT2D eigenvalue weighted by Crippen LogP contribution is -2.27. The Bertz CT molecular complexity index is 1380. The topological polar surface area (TPSA) is 34.0 Å². The van der Waals surface area contributed by atoms with Gasteiger partial charge in [-0.1, -0.05) is 65.7 Å². The normalized spacial score (nSPS) is 11.5. The molecule has 0 aliphatic heterocycles. The fourth-order valence-corrected chi connectivity index (χ4v) is 4.26. The first kappa shape index (κ1) is 25.2. The Balaban J connectivity index is 1.72. The summed E-state index contributed by atoms with van der Waals surface area (Å²) in [6.07, 6.45) is -2.86. The van der Waals surface area contributed by atoms with E-state index in [0.29, 0.717) is 18.3 Å². The molecule has 0 unspecified atom stereocenters. The van der Waals surface area contributed by atoms with Gasteiger partial charge in [-0.3, -0.25) is 4.79 Å².